The summed E-state index contributed by atoms with van der Waals surface area (Å²) in [6.45, 7) is 11.2. The zero-order valence-electron chi connectivity index (χ0n) is 13.2. The number of likely N-dealkylation sites (N-methyl/N-ethyl adjacent to an activating group) is 1. The second kappa shape index (κ2) is 6.26. The number of rotatable bonds is 4. The topological polar surface area (TPSA) is 12.0 Å². The van der Waals surface area contributed by atoms with E-state index >= 15 is 0 Å². The Hall–Kier alpha value is -1.26. The molecule has 0 aliphatic rings. The van der Waals surface area contributed by atoms with Crippen LogP contribution in [0.5, 0.6) is 0 Å². The summed E-state index contributed by atoms with van der Waals surface area (Å²) in [4.78, 5) is 0. The number of hydrogen-bond acceptors (Lipinski definition) is 1. The Labute approximate surface area is 118 Å². The minimum atomic E-state index is 0.204. The first kappa shape index (κ1) is 15.8. The molecule has 0 aliphatic heterocycles. The second-order valence-electron chi connectivity index (χ2n) is 6.44. The first-order valence-corrected chi connectivity index (χ1v) is 7.01. The normalized spacial score (nSPS) is 13.1. The zero-order chi connectivity index (χ0) is 14.6. The van der Waals surface area contributed by atoms with E-state index in [0.717, 1.165) is 12.8 Å². The maximum absolute atomic E-state index is 5.43. The summed E-state index contributed by atoms with van der Waals surface area (Å²) in [5.41, 5.74) is 5.80. The van der Waals surface area contributed by atoms with Crippen molar-refractivity contribution in [3.8, 4) is 12.3 Å². The quantitative estimate of drug-likeness (QED) is 0.810. The highest BCUT2D eigenvalue weighted by Crippen LogP contribution is 2.27. The highest BCUT2D eigenvalue weighted by Gasteiger charge is 2.17. The average molecular weight is 257 g/mol. The summed E-state index contributed by atoms with van der Waals surface area (Å²) in [6.07, 6.45) is 7.20. The molecule has 0 heterocycles. The van der Waals surface area contributed by atoms with Crippen molar-refractivity contribution in [1.82, 2.24) is 5.32 Å². The Morgan fingerprint density at radius 2 is 1.74 bits per heavy atom. The van der Waals surface area contributed by atoms with Gasteiger partial charge in [0.05, 0.1) is 0 Å². The molecule has 0 radical (unpaired) electrons. The van der Waals surface area contributed by atoms with Crippen LogP contribution in [-0.2, 0) is 11.8 Å². The largest absolute Gasteiger partial charge is 0.316 e. The van der Waals surface area contributed by atoms with Gasteiger partial charge in [-0.1, -0.05) is 32.9 Å². The van der Waals surface area contributed by atoms with Crippen molar-refractivity contribution in [2.75, 3.05) is 7.05 Å². The number of benzene rings is 1. The summed E-state index contributed by atoms with van der Waals surface area (Å²) in [6, 6.07) is 5.01. The van der Waals surface area contributed by atoms with Gasteiger partial charge in [-0.3, -0.25) is 0 Å². The lowest BCUT2D eigenvalue weighted by Crippen LogP contribution is -2.27. The average Bonchev–Trinajstić information content (AvgIpc) is 2.30. The first-order chi connectivity index (χ1) is 8.79. The third-order valence-electron chi connectivity index (χ3n) is 3.79. The molecule has 1 aromatic carbocycles. The minimum Gasteiger partial charge on any atom is -0.316 e. The molecule has 1 N–H and O–H groups in total. The van der Waals surface area contributed by atoms with E-state index in [1.165, 1.54) is 22.3 Å². The summed E-state index contributed by atoms with van der Waals surface area (Å²) in [5, 5.41) is 3.31. The lowest BCUT2D eigenvalue weighted by molar-refractivity contribution is 0.567. The molecule has 1 unspecified atom stereocenters. The van der Waals surface area contributed by atoms with Crippen molar-refractivity contribution in [3.05, 3.63) is 34.4 Å². The highest BCUT2D eigenvalue weighted by atomic mass is 14.9. The van der Waals surface area contributed by atoms with Gasteiger partial charge in [0, 0.05) is 12.5 Å². The monoisotopic (exact) mass is 257 g/mol. The van der Waals surface area contributed by atoms with Crippen LogP contribution in [0.15, 0.2) is 12.1 Å². The third-order valence-corrected chi connectivity index (χ3v) is 3.79. The molecule has 0 saturated heterocycles. The van der Waals surface area contributed by atoms with Gasteiger partial charge >= 0.3 is 0 Å². The van der Waals surface area contributed by atoms with Crippen LogP contribution in [0.2, 0.25) is 0 Å². The van der Waals surface area contributed by atoms with Crippen LogP contribution in [0.4, 0.5) is 0 Å². The van der Waals surface area contributed by atoms with E-state index in [-0.39, 0.29) is 5.41 Å². The molecule has 1 rings (SSSR count). The second-order valence-corrected chi connectivity index (χ2v) is 6.44. The molecular weight excluding hydrogens is 230 g/mol. The van der Waals surface area contributed by atoms with E-state index in [2.05, 4.69) is 58.0 Å². The van der Waals surface area contributed by atoms with Gasteiger partial charge in [-0.05, 0) is 55.0 Å². The Morgan fingerprint density at radius 1 is 1.21 bits per heavy atom. The first-order valence-electron chi connectivity index (χ1n) is 7.01. The molecule has 0 spiro atoms. The molecule has 1 atom stereocenters. The summed E-state index contributed by atoms with van der Waals surface area (Å²) in [5.74, 6) is 2.75. The van der Waals surface area contributed by atoms with Crippen LogP contribution in [0.3, 0.4) is 0 Å². The van der Waals surface area contributed by atoms with Gasteiger partial charge < -0.3 is 5.32 Å². The Morgan fingerprint density at radius 3 is 2.11 bits per heavy atom. The Kier molecular flexibility index (Phi) is 5.20. The smallest absolute Gasteiger partial charge is 0.0243 e. The van der Waals surface area contributed by atoms with E-state index in [0.29, 0.717) is 6.04 Å². The van der Waals surface area contributed by atoms with Gasteiger partial charge in [-0.15, -0.1) is 12.3 Å². The number of hydrogen-bond donors (Lipinski definition) is 1. The van der Waals surface area contributed by atoms with Crippen LogP contribution >= 0.6 is 0 Å². The summed E-state index contributed by atoms with van der Waals surface area (Å²) in [7, 11) is 1.98. The predicted molar refractivity (Wildman–Crippen MR) is 84.6 cm³/mol. The molecule has 0 aliphatic carbocycles. The van der Waals surface area contributed by atoms with E-state index in [4.69, 9.17) is 6.42 Å². The molecule has 0 fully saturated rings. The van der Waals surface area contributed by atoms with Crippen LogP contribution in [0.25, 0.3) is 0 Å². The molecule has 0 bridgehead atoms. The molecule has 0 saturated carbocycles. The van der Waals surface area contributed by atoms with E-state index < -0.39 is 0 Å². The third kappa shape index (κ3) is 4.11. The van der Waals surface area contributed by atoms with Gasteiger partial charge in [-0.2, -0.15) is 0 Å². The maximum atomic E-state index is 5.43. The van der Waals surface area contributed by atoms with Gasteiger partial charge in [0.1, 0.15) is 0 Å². The molecule has 1 nitrogen and oxygen atoms in total. The lowest BCUT2D eigenvalue weighted by Gasteiger charge is -2.23. The van der Waals surface area contributed by atoms with Gasteiger partial charge in [0.15, 0.2) is 0 Å². The van der Waals surface area contributed by atoms with E-state index in [9.17, 15) is 0 Å². The van der Waals surface area contributed by atoms with Crippen molar-refractivity contribution in [2.24, 2.45) is 0 Å². The fourth-order valence-electron chi connectivity index (χ4n) is 2.41. The molecule has 0 aromatic heterocycles. The van der Waals surface area contributed by atoms with Crippen LogP contribution < -0.4 is 5.32 Å². The number of nitrogens with one attached hydrogen (secondary N) is 1. The van der Waals surface area contributed by atoms with Crippen molar-refractivity contribution in [2.45, 2.75) is 58.9 Å². The van der Waals surface area contributed by atoms with Crippen molar-refractivity contribution in [3.63, 3.8) is 0 Å². The maximum Gasteiger partial charge on any atom is 0.0243 e. The van der Waals surface area contributed by atoms with Crippen LogP contribution in [0.1, 0.15) is 49.4 Å². The van der Waals surface area contributed by atoms with Crippen LogP contribution in [-0.4, -0.2) is 13.1 Å². The minimum absolute atomic E-state index is 0.204. The Balaban J connectivity index is 3.08. The zero-order valence-corrected chi connectivity index (χ0v) is 13.2. The predicted octanol–water partition coefficient (Wildman–Crippen LogP) is 3.75. The number of terminal acetylenes is 1. The van der Waals surface area contributed by atoms with Crippen LogP contribution in [0, 0.1) is 26.2 Å². The summed E-state index contributed by atoms with van der Waals surface area (Å²) < 4.78 is 0. The molecule has 0 amide bonds. The van der Waals surface area contributed by atoms with Crippen molar-refractivity contribution < 1.29 is 0 Å². The summed E-state index contributed by atoms with van der Waals surface area (Å²) >= 11 is 0. The van der Waals surface area contributed by atoms with Gasteiger partial charge in [0.25, 0.3) is 0 Å². The molecule has 19 heavy (non-hydrogen) atoms. The standard InChI is InChI=1S/C18H27N/c1-8-9-16(19-7)12-17-13(2)10-15(11-14(17)3)18(4,5)6/h1,10-11,16,19H,9,12H2,2-7H3. The Bertz CT molecular complexity index is 448. The van der Waals surface area contributed by atoms with E-state index in [1.807, 2.05) is 7.05 Å². The SMILES string of the molecule is C#CCC(Cc1c(C)cc(C(C)(C)C)cc1C)NC. The molecule has 1 aromatic rings. The molecular formula is C18H27N. The fraction of sp³-hybridized carbons (Fsp3) is 0.556. The highest BCUT2D eigenvalue weighted by molar-refractivity contribution is 5.41. The lowest BCUT2D eigenvalue weighted by atomic mass is 9.83. The molecule has 104 valence electrons. The van der Waals surface area contributed by atoms with Crippen molar-refractivity contribution >= 4 is 0 Å². The van der Waals surface area contributed by atoms with Gasteiger partial charge in [0.2, 0.25) is 0 Å². The fourth-order valence-corrected chi connectivity index (χ4v) is 2.41. The molecule has 1 heteroatoms. The van der Waals surface area contributed by atoms with Gasteiger partial charge in [-0.25, -0.2) is 0 Å². The van der Waals surface area contributed by atoms with Crippen molar-refractivity contribution in [1.29, 1.82) is 0 Å². The van der Waals surface area contributed by atoms with E-state index in [1.54, 1.807) is 0 Å². The number of aryl methyl sites for hydroxylation is 2.